The Morgan fingerprint density at radius 2 is 1.96 bits per heavy atom. The Labute approximate surface area is 143 Å². The third-order valence-electron chi connectivity index (χ3n) is 3.62. The molecule has 5 heteroatoms. The lowest BCUT2D eigenvalue weighted by atomic mass is 10.2. The highest BCUT2D eigenvalue weighted by Gasteiger charge is 2.09. The fraction of sp³-hybridized carbons (Fsp3) is 0.167. The summed E-state index contributed by atoms with van der Waals surface area (Å²) in [6, 6.07) is 15.7. The summed E-state index contributed by atoms with van der Waals surface area (Å²) in [5.41, 5.74) is 1.69. The van der Waals surface area contributed by atoms with Crippen molar-refractivity contribution in [2.24, 2.45) is 0 Å². The summed E-state index contributed by atoms with van der Waals surface area (Å²) in [5.74, 6) is 1.43. The van der Waals surface area contributed by atoms with Crippen LogP contribution < -0.4 is 9.47 Å². The number of halogens is 1. The maximum atomic E-state index is 9.29. The smallest absolute Gasteiger partial charge is 0.161 e. The molecule has 0 amide bonds. The number of nitriles is 1. The second-order valence-corrected chi connectivity index (χ2v) is 5.92. The largest absolute Gasteiger partial charge is 0.493 e. The van der Waals surface area contributed by atoms with Crippen molar-refractivity contribution in [1.29, 1.82) is 5.26 Å². The first-order chi connectivity index (χ1) is 11.2. The normalized spacial score (nSPS) is 10.5. The van der Waals surface area contributed by atoms with Crippen LogP contribution in [0.1, 0.15) is 5.56 Å². The van der Waals surface area contributed by atoms with Gasteiger partial charge in [0.2, 0.25) is 0 Å². The first-order valence-electron chi connectivity index (χ1n) is 7.17. The third-order valence-corrected chi connectivity index (χ3v) is 4.12. The summed E-state index contributed by atoms with van der Waals surface area (Å²) >= 11 is 3.45. The van der Waals surface area contributed by atoms with Gasteiger partial charge in [-0.1, -0.05) is 28.1 Å². The first-order valence-corrected chi connectivity index (χ1v) is 7.96. The zero-order valence-electron chi connectivity index (χ0n) is 12.6. The average Bonchev–Trinajstić information content (AvgIpc) is 2.92. The lowest BCUT2D eigenvalue weighted by Gasteiger charge is -2.11. The van der Waals surface area contributed by atoms with Crippen molar-refractivity contribution in [3.05, 3.63) is 58.7 Å². The van der Waals surface area contributed by atoms with E-state index in [2.05, 4.69) is 22.0 Å². The van der Waals surface area contributed by atoms with Gasteiger partial charge in [-0.3, -0.25) is 0 Å². The van der Waals surface area contributed by atoms with Crippen LogP contribution in [0.4, 0.5) is 0 Å². The van der Waals surface area contributed by atoms with Crippen LogP contribution in [0.5, 0.6) is 11.5 Å². The van der Waals surface area contributed by atoms with E-state index >= 15 is 0 Å². The standard InChI is InChI=1S/C18H15BrN2O2/c1-22-17-4-2-3-5-18(17)23-9-8-21-12-13(11-20)15-10-14(19)6-7-16(15)21/h2-7,10,12H,8-9H2,1H3. The van der Waals surface area contributed by atoms with Crippen molar-refractivity contribution in [1.82, 2.24) is 4.57 Å². The summed E-state index contributed by atoms with van der Waals surface area (Å²) in [4.78, 5) is 0. The molecule has 0 saturated carbocycles. The maximum absolute atomic E-state index is 9.29. The maximum Gasteiger partial charge on any atom is 0.161 e. The second-order valence-electron chi connectivity index (χ2n) is 5.01. The van der Waals surface area contributed by atoms with Crippen molar-refractivity contribution in [2.75, 3.05) is 13.7 Å². The lowest BCUT2D eigenvalue weighted by molar-refractivity contribution is 0.281. The average molecular weight is 371 g/mol. The van der Waals surface area contributed by atoms with Gasteiger partial charge in [0.1, 0.15) is 12.7 Å². The van der Waals surface area contributed by atoms with Gasteiger partial charge in [-0.05, 0) is 30.3 Å². The quantitative estimate of drug-likeness (QED) is 0.670. The summed E-state index contributed by atoms with van der Waals surface area (Å²) in [6.45, 7) is 1.14. The van der Waals surface area contributed by atoms with Crippen LogP contribution in [0.2, 0.25) is 0 Å². The highest BCUT2D eigenvalue weighted by molar-refractivity contribution is 9.10. The molecule has 1 heterocycles. The van der Waals surface area contributed by atoms with Crippen LogP contribution in [0.25, 0.3) is 10.9 Å². The van der Waals surface area contributed by atoms with E-state index in [1.54, 1.807) is 7.11 Å². The topological polar surface area (TPSA) is 47.2 Å². The molecule has 1 aromatic heterocycles. The number of rotatable bonds is 5. The predicted molar refractivity (Wildman–Crippen MR) is 92.8 cm³/mol. The molecule has 4 nitrogen and oxygen atoms in total. The van der Waals surface area contributed by atoms with Crippen LogP contribution in [-0.2, 0) is 6.54 Å². The lowest BCUT2D eigenvalue weighted by Crippen LogP contribution is -2.07. The van der Waals surface area contributed by atoms with Crippen LogP contribution in [0.3, 0.4) is 0 Å². The molecule has 0 aliphatic rings. The number of ether oxygens (including phenoxy) is 2. The van der Waals surface area contributed by atoms with Crippen molar-refractivity contribution >= 4 is 26.8 Å². The number of hydrogen-bond acceptors (Lipinski definition) is 3. The molecule has 0 aliphatic heterocycles. The minimum absolute atomic E-state index is 0.491. The molecule has 0 spiro atoms. The molecule has 0 radical (unpaired) electrons. The number of fused-ring (bicyclic) bond motifs is 1. The van der Waals surface area contributed by atoms with Gasteiger partial charge in [-0.25, -0.2) is 0 Å². The Balaban J connectivity index is 1.79. The van der Waals surface area contributed by atoms with E-state index in [0.29, 0.717) is 24.5 Å². The van der Waals surface area contributed by atoms with Gasteiger partial charge in [0, 0.05) is 21.6 Å². The molecule has 23 heavy (non-hydrogen) atoms. The molecule has 3 aromatic rings. The Morgan fingerprint density at radius 3 is 2.70 bits per heavy atom. The van der Waals surface area contributed by atoms with Gasteiger partial charge in [0.15, 0.2) is 11.5 Å². The van der Waals surface area contributed by atoms with Gasteiger partial charge in [0.05, 0.1) is 19.2 Å². The molecular weight excluding hydrogens is 356 g/mol. The van der Waals surface area contributed by atoms with Crippen LogP contribution in [-0.4, -0.2) is 18.3 Å². The molecule has 0 aliphatic carbocycles. The molecule has 0 atom stereocenters. The van der Waals surface area contributed by atoms with Crippen molar-refractivity contribution in [3.63, 3.8) is 0 Å². The van der Waals surface area contributed by atoms with E-state index in [9.17, 15) is 5.26 Å². The third kappa shape index (κ3) is 3.17. The van der Waals surface area contributed by atoms with Gasteiger partial charge < -0.3 is 14.0 Å². The molecular formula is C18H15BrN2O2. The number of aromatic nitrogens is 1. The predicted octanol–water partition coefficient (Wildman–Crippen LogP) is 4.36. The number of methoxy groups -OCH3 is 1. The van der Waals surface area contributed by atoms with E-state index in [1.165, 1.54) is 0 Å². The first kappa shape index (κ1) is 15.4. The molecule has 0 N–H and O–H groups in total. The molecule has 3 rings (SSSR count). The summed E-state index contributed by atoms with van der Waals surface area (Å²) in [7, 11) is 1.62. The monoisotopic (exact) mass is 370 g/mol. The molecule has 0 unspecified atom stereocenters. The minimum atomic E-state index is 0.491. The molecule has 2 aromatic carbocycles. The molecule has 116 valence electrons. The van der Waals surface area contributed by atoms with Gasteiger partial charge >= 0.3 is 0 Å². The van der Waals surface area contributed by atoms with Gasteiger partial charge in [-0.2, -0.15) is 5.26 Å². The Bertz CT molecular complexity index is 880. The Kier molecular flexibility index (Phi) is 4.54. The second kappa shape index (κ2) is 6.76. The van der Waals surface area contributed by atoms with E-state index in [-0.39, 0.29) is 0 Å². The number of para-hydroxylation sites is 2. The molecule has 0 fully saturated rings. The van der Waals surface area contributed by atoms with Gasteiger partial charge in [-0.15, -0.1) is 0 Å². The fourth-order valence-electron chi connectivity index (χ4n) is 2.54. The SMILES string of the molecule is COc1ccccc1OCCn1cc(C#N)c2cc(Br)ccc21. The zero-order valence-corrected chi connectivity index (χ0v) is 14.2. The summed E-state index contributed by atoms with van der Waals surface area (Å²) in [5, 5.41) is 10.2. The highest BCUT2D eigenvalue weighted by atomic mass is 79.9. The van der Waals surface area contributed by atoms with Crippen LogP contribution in [0, 0.1) is 11.3 Å². The van der Waals surface area contributed by atoms with Crippen molar-refractivity contribution in [3.8, 4) is 17.6 Å². The van der Waals surface area contributed by atoms with Crippen molar-refractivity contribution in [2.45, 2.75) is 6.54 Å². The number of benzene rings is 2. The number of hydrogen-bond donors (Lipinski definition) is 0. The molecule has 0 saturated heterocycles. The zero-order chi connectivity index (χ0) is 16.2. The van der Waals surface area contributed by atoms with Gasteiger partial charge in [0.25, 0.3) is 0 Å². The Morgan fingerprint density at radius 1 is 1.17 bits per heavy atom. The molecule has 0 bridgehead atoms. The minimum Gasteiger partial charge on any atom is -0.493 e. The van der Waals surface area contributed by atoms with Crippen LogP contribution in [0.15, 0.2) is 53.1 Å². The van der Waals surface area contributed by atoms with E-state index < -0.39 is 0 Å². The fourth-order valence-corrected chi connectivity index (χ4v) is 2.90. The summed E-state index contributed by atoms with van der Waals surface area (Å²) < 4.78 is 14.1. The van der Waals surface area contributed by atoms with E-state index in [1.807, 2.05) is 53.2 Å². The van der Waals surface area contributed by atoms with Crippen LogP contribution >= 0.6 is 15.9 Å². The van der Waals surface area contributed by atoms with Crippen molar-refractivity contribution < 1.29 is 9.47 Å². The van der Waals surface area contributed by atoms with E-state index in [0.717, 1.165) is 21.1 Å². The highest BCUT2D eigenvalue weighted by Crippen LogP contribution is 2.27. The van der Waals surface area contributed by atoms with E-state index in [4.69, 9.17) is 9.47 Å². The Hall–Kier alpha value is -2.45. The number of nitrogens with zero attached hydrogens (tertiary/aromatic N) is 2. The summed E-state index contributed by atoms with van der Waals surface area (Å²) in [6.07, 6.45) is 1.86.